The van der Waals surface area contributed by atoms with E-state index in [1.165, 1.54) is 12.1 Å². The van der Waals surface area contributed by atoms with Crippen molar-refractivity contribution in [3.05, 3.63) is 75.8 Å². The second-order valence-electron chi connectivity index (χ2n) is 6.83. The van der Waals surface area contributed by atoms with Crippen molar-refractivity contribution in [3.8, 4) is 0 Å². The van der Waals surface area contributed by atoms with Crippen LogP contribution in [0.1, 0.15) is 45.4 Å². The highest BCUT2D eigenvalue weighted by Gasteiger charge is 2.40. The smallest absolute Gasteiger partial charge is 0.416 e. The van der Waals surface area contributed by atoms with Gasteiger partial charge in [-0.2, -0.15) is 13.2 Å². The topological polar surface area (TPSA) is 49.3 Å². The normalized spacial score (nSPS) is 23.5. The summed E-state index contributed by atoms with van der Waals surface area (Å²) in [5.41, 5.74) is 1.28. The minimum Gasteiger partial charge on any atom is -0.478 e. The SMILES string of the molecule is O=C(O)c1cc(Cl)c2c(c1)[C@H]1C=CC[C@H]1[C@H](c1cccc(C(F)(F)F)c1)N2. The highest BCUT2D eigenvalue weighted by molar-refractivity contribution is 6.33. The van der Waals surface area contributed by atoms with Crippen molar-refractivity contribution in [2.45, 2.75) is 24.6 Å². The van der Waals surface area contributed by atoms with Crippen LogP contribution in [0, 0.1) is 5.92 Å². The van der Waals surface area contributed by atoms with Gasteiger partial charge in [0.05, 0.1) is 27.9 Å². The molecule has 0 bridgehead atoms. The Balaban J connectivity index is 1.80. The molecular formula is C20H15ClF3NO2. The van der Waals surface area contributed by atoms with Crippen LogP contribution in [0.25, 0.3) is 0 Å². The van der Waals surface area contributed by atoms with Gasteiger partial charge in [0.15, 0.2) is 0 Å². The Morgan fingerprint density at radius 1 is 1.22 bits per heavy atom. The van der Waals surface area contributed by atoms with E-state index in [4.69, 9.17) is 11.6 Å². The van der Waals surface area contributed by atoms with Gasteiger partial charge in [-0.05, 0) is 47.7 Å². The Hall–Kier alpha value is -2.47. The number of alkyl halides is 3. The number of aromatic carboxylic acids is 1. The quantitative estimate of drug-likeness (QED) is 0.626. The van der Waals surface area contributed by atoms with Crippen LogP contribution in [0.4, 0.5) is 18.9 Å². The third kappa shape index (κ3) is 3.08. The van der Waals surface area contributed by atoms with Crippen molar-refractivity contribution < 1.29 is 23.1 Å². The third-order valence-corrected chi connectivity index (χ3v) is 5.54. The van der Waals surface area contributed by atoms with Gasteiger partial charge in [-0.1, -0.05) is 35.9 Å². The monoisotopic (exact) mass is 393 g/mol. The van der Waals surface area contributed by atoms with Gasteiger partial charge in [-0.25, -0.2) is 4.79 Å². The molecule has 0 radical (unpaired) electrons. The second-order valence-corrected chi connectivity index (χ2v) is 7.23. The van der Waals surface area contributed by atoms with Crippen molar-refractivity contribution >= 4 is 23.3 Å². The second kappa shape index (κ2) is 6.30. The van der Waals surface area contributed by atoms with Gasteiger partial charge >= 0.3 is 12.1 Å². The number of anilines is 1. The fraction of sp³-hybridized carbons (Fsp3) is 0.250. The lowest BCUT2D eigenvalue weighted by atomic mass is 9.76. The maximum atomic E-state index is 13.1. The van der Waals surface area contributed by atoms with Crippen LogP contribution in [0.5, 0.6) is 0 Å². The van der Waals surface area contributed by atoms with Crippen LogP contribution in [-0.2, 0) is 6.18 Å². The third-order valence-electron chi connectivity index (χ3n) is 5.24. The fourth-order valence-corrected chi connectivity index (χ4v) is 4.30. The molecule has 1 aliphatic carbocycles. The van der Waals surface area contributed by atoms with Crippen LogP contribution in [0.3, 0.4) is 0 Å². The van der Waals surface area contributed by atoms with E-state index in [0.29, 0.717) is 17.7 Å². The number of rotatable bonds is 2. The molecule has 0 spiro atoms. The molecule has 4 rings (SSSR count). The Morgan fingerprint density at radius 2 is 2.00 bits per heavy atom. The molecule has 0 aromatic heterocycles. The standard InChI is InChI=1S/C20H15ClF3NO2/c21-16-9-11(19(26)27)8-15-13-5-2-6-14(13)17(25-18(15)16)10-3-1-4-12(7-10)20(22,23)24/h1-5,7-9,13-14,17,25H,6H2,(H,26,27)/t13-,14+,17-/m0/s1. The zero-order valence-electron chi connectivity index (χ0n) is 13.9. The van der Waals surface area contributed by atoms with E-state index in [0.717, 1.165) is 17.7 Å². The average molecular weight is 394 g/mol. The molecule has 3 nitrogen and oxygen atoms in total. The molecule has 0 saturated heterocycles. The highest BCUT2D eigenvalue weighted by Crippen LogP contribution is 2.52. The lowest BCUT2D eigenvalue weighted by molar-refractivity contribution is -0.137. The largest absolute Gasteiger partial charge is 0.478 e. The molecule has 1 heterocycles. The number of fused-ring (bicyclic) bond motifs is 3. The molecule has 2 aromatic carbocycles. The Kier molecular flexibility index (Phi) is 4.18. The fourth-order valence-electron chi connectivity index (χ4n) is 4.02. The molecule has 2 N–H and O–H groups in total. The van der Waals surface area contributed by atoms with Crippen molar-refractivity contribution in [2.24, 2.45) is 5.92 Å². The van der Waals surface area contributed by atoms with E-state index in [1.54, 1.807) is 12.1 Å². The Labute approximate surface area is 158 Å². The number of hydrogen-bond donors (Lipinski definition) is 2. The van der Waals surface area contributed by atoms with E-state index in [2.05, 4.69) is 5.32 Å². The van der Waals surface area contributed by atoms with Crippen LogP contribution in [-0.4, -0.2) is 11.1 Å². The minimum atomic E-state index is -4.41. The summed E-state index contributed by atoms with van der Waals surface area (Å²) in [5.74, 6) is -1.18. The summed E-state index contributed by atoms with van der Waals surface area (Å²) in [6.45, 7) is 0. The first-order valence-electron chi connectivity index (χ1n) is 8.43. The number of benzene rings is 2. The van der Waals surface area contributed by atoms with Gasteiger partial charge in [0.25, 0.3) is 0 Å². The molecule has 0 fully saturated rings. The van der Waals surface area contributed by atoms with Crippen molar-refractivity contribution in [3.63, 3.8) is 0 Å². The molecule has 7 heteroatoms. The molecule has 0 amide bonds. The molecule has 27 heavy (non-hydrogen) atoms. The summed E-state index contributed by atoms with van der Waals surface area (Å²) in [5, 5.41) is 12.8. The number of allylic oxidation sites excluding steroid dienone is 2. The molecule has 3 atom stereocenters. The number of halogens is 4. The van der Waals surface area contributed by atoms with Gasteiger partial charge in [0.2, 0.25) is 0 Å². The molecule has 0 unspecified atom stereocenters. The zero-order valence-corrected chi connectivity index (χ0v) is 14.7. The Morgan fingerprint density at radius 3 is 2.70 bits per heavy atom. The van der Waals surface area contributed by atoms with E-state index in [-0.39, 0.29) is 28.5 Å². The van der Waals surface area contributed by atoms with Gasteiger partial charge in [0, 0.05) is 5.92 Å². The van der Waals surface area contributed by atoms with E-state index < -0.39 is 17.7 Å². The predicted molar refractivity (Wildman–Crippen MR) is 96.2 cm³/mol. The molecular weight excluding hydrogens is 379 g/mol. The molecule has 140 valence electrons. The summed E-state index contributed by atoms with van der Waals surface area (Å²) in [6, 6.07) is 7.89. The van der Waals surface area contributed by atoms with Crippen molar-refractivity contribution in [2.75, 3.05) is 5.32 Å². The van der Waals surface area contributed by atoms with Gasteiger partial charge in [0.1, 0.15) is 0 Å². The maximum absolute atomic E-state index is 13.1. The first kappa shape index (κ1) is 17.9. The minimum absolute atomic E-state index is 0.0129. The number of nitrogens with one attached hydrogen (secondary N) is 1. The molecule has 1 aliphatic heterocycles. The van der Waals surface area contributed by atoms with E-state index >= 15 is 0 Å². The predicted octanol–water partition coefficient (Wildman–Crippen LogP) is 5.88. The van der Waals surface area contributed by atoms with Crippen LogP contribution in [0.2, 0.25) is 5.02 Å². The number of carbonyl (C=O) groups is 1. The van der Waals surface area contributed by atoms with Crippen molar-refractivity contribution in [1.29, 1.82) is 0 Å². The number of carboxylic acids is 1. The summed E-state index contributed by atoms with van der Waals surface area (Å²) < 4.78 is 39.4. The van der Waals surface area contributed by atoms with Crippen molar-refractivity contribution in [1.82, 2.24) is 0 Å². The molecule has 2 aromatic rings. The van der Waals surface area contributed by atoms with E-state index in [9.17, 15) is 23.1 Å². The lowest BCUT2D eigenvalue weighted by Crippen LogP contribution is -2.29. The number of hydrogen-bond acceptors (Lipinski definition) is 2. The van der Waals surface area contributed by atoms with Crippen LogP contribution >= 0.6 is 11.6 Å². The molecule has 2 aliphatic rings. The molecule has 0 saturated carbocycles. The maximum Gasteiger partial charge on any atom is 0.416 e. The van der Waals surface area contributed by atoms with E-state index in [1.807, 2.05) is 12.2 Å². The van der Waals surface area contributed by atoms with Crippen LogP contribution < -0.4 is 5.32 Å². The summed E-state index contributed by atoms with van der Waals surface area (Å²) in [7, 11) is 0. The highest BCUT2D eigenvalue weighted by atomic mass is 35.5. The summed E-state index contributed by atoms with van der Waals surface area (Å²) in [4.78, 5) is 11.3. The van der Waals surface area contributed by atoms with Gasteiger partial charge in [-0.3, -0.25) is 0 Å². The first-order chi connectivity index (χ1) is 12.8. The first-order valence-corrected chi connectivity index (χ1v) is 8.80. The summed E-state index contributed by atoms with van der Waals surface area (Å²) >= 11 is 6.31. The Bertz CT molecular complexity index is 955. The summed E-state index contributed by atoms with van der Waals surface area (Å²) in [6.07, 6.45) is 0.234. The van der Waals surface area contributed by atoms with Crippen LogP contribution in [0.15, 0.2) is 48.6 Å². The zero-order chi connectivity index (χ0) is 19.3. The lowest BCUT2D eigenvalue weighted by Gasteiger charge is -2.38. The van der Waals surface area contributed by atoms with Gasteiger partial charge in [-0.15, -0.1) is 0 Å². The van der Waals surface area contributed by atoms with Gasteiger partial charge < -0.3 is 10.4 Å². The number of carboxylic acid groups (broad SMARTS) is 1. The average Bonchev–Trinajstić information content (AvgIpc) is 3.10.